The van der Waals surface area contributed by atoms with Crippen LogP contribution in [-0.2, 0) is 14.9 Å². The Hall–Kier alpha value is -1.76. The standard InChI is InChI=1S/C16H19F3O4/c1-2-22-14(21)15(10-4-3-5-13(15)20)11-6-8-12(9-7-11)23-16(17,18)19/h6-9,13,20H,2-5,10H2,1H3. The molecule has 2 atom stereocenters. The Balaban J connectivity index is 2.34. The molecule has 1 N–H and O–H groups in total. The molecule has 7 heteroatoms. The van der Waals surface area contributed by atoms with Gasteiger partial charge in [-0.3, -0.25) is 4.79 Å². The quantitative estimate of drug-likeness (QED) is 0.860. The van der Waals surface area contributed by atoms with Crippen LogP contribution in [0, 0.1) is 0 Å². The fourth-order valence-electron chi connectivity index (χ4n) is 3.06. The second kappa shape index (κ2) is 6.78. The van der Waals surface area contributed by atoms with Gasteiger partial charge < -0.3 is 14.6 Å². The van der Waals surface area contributed by atoms with Crippen LogP contribution in [0.5, 0.6) is 5.75 Å². The predicted octanol–water partition coefficient (Wildman–Crippen LogP) is 3.32. The number of ether oxygens (including phenoxy) is 2. The third kappa shape index (κ3) is 3.77. The van der Waals surface area contributed by atoms with Crippen LogP contribution in [0.4, 0.5) is 13.2 Å². The van der Waals surface area contributed by atoms with Crippen molar-refractivity contribution in [3.8, 4) is 5.75 Å². The Morgan fingerprint density at radius 3 is 2.48 bits per heavy atom. The first-order valence-corrected chi connectivity index (χ1v) is 7.51. The third-order valence-electron chi connectivity index (χ3n) is 4.11. The number of hydrogen-bond donors (Lipinski definition) is 1. The molecule has 1 aromatic rings. The summed E-state index contributed by atoms with van der Waals surface area (Å²) in [7, 11) is 0. The third-order valence-corrected chi connectivity index (χ3v) is 4.11. The monoisotopic (exact) mass is 332 g/mol. The lowest BCUT2D eigenvalue weighted by Crippen LogP contribution is -2.49. The number of esters is 1. The van der Waals surface area contributed by atoms with Crippen molar-refractivity contribution in [3.63, 3.8) is 0 Å². The molecule has 0 saturated heterocycles. The van der Waals surface area contributed by atoms with E-state index in [2.05, 4.69) is 4.74 Å². The smallest absolute Gasteiger partial charge is 0.465 e. The van der Waals surface area contributed by atoms with Crippen molar-refractivity contribution in [2.75, 3.05) is 6.61 Å². The lowest BCUT2D eigenvalue weighted by molar-refractivity contribution is -0.274. The Kier molecular flexibility index (Phi) is 5.19. The molecule has 23 heavy (non-hydrogen) atoms. The highest BCUT2D eigenvalue weighted by Crippen LogP contribution is 2.41. The first-order valence-electron chi connectivity index (χ1n) is 7.51. The second-order valence-electron chi connectivity index (χ2n) is 5.53. The number of hydrogen-bond acceptors (Lipinski definition) is 4. The highest BCUT2D eigenvalue weighted by Gasteiger charge is 2.49. The Labute approximate surface area is 132 Å². The molecule has 2 rings (SSSR count). The van der Waals surface area contributed by atoms with E-state index in [0.717, 1.165) is 25.0 Å². The van der Waals surface area contributed by atoms with Crippen LogP contribution >= 0.6 is 0 Å². The maximum absolute atomic E-state index is 12.5. The average Bonchev–Trinajstić information content (AvgIpc) is 2.47. The van der Waals surface area contributed by atoms with Gasteiger partial charge in [-0.2, -0.15) is 0 Å². The topological polar surface area (TPSA) is 55.8 Å². The van der Waals surface area contributed by atoms with Crippen LogP contribution in [0.25, 0.3) is 0 Å². The number of aliphatic hydroxyl groups excluding tert-OH is 1. The summed E-state index contributed by atoms with van der Waals surface area (Å²) in [6.45, 7) is 1.84. The molecule has 0 bridgehead atoms. The van der Waals surface area contributed by atoms with Gasteiger partial charge in [-0.05, 0) is 37.5 Å². The van der Waals surface area contributed by atoms with E-state index < -0.39 is 23.9 Å². The zero-order chi connectivity index (χ0) is 17.1. The van der Waals surface area contributed by atoms with Gasteiger partial charge in [0.05, 0.1) is 12.7 Å². The van der Waals surface area contributed by atoms with Gasteiger partial charge in [-0.1, -0.05) is 25.0 Å². The largest absolute Gasteiger partial charge is 0.573 e. The molecule has 0 radical (unpaired) electrons. The summed E-state index contributed by atoms with van der Waals surface area (Å²) >= 11 is 0. The summed E-state index contributed by atoms with van der Waals surface area (Å²) in [5.41, 5.74) is -0.789. The number of benzene rings is 1. The summed E-state index contributed by atoms with van der Waals surface area (Å²) in [5.74, 6) is -0.915. The average molecular weight is 332 g/mol. The number of halogens is 3. The molecule has 1 aromatic carbocycles. The molecule has 0 aromatic heterocycles. The number of carbonyl (C=O) groups excluding carboxylic acids is 1. The molecule has 2 unspecified atom stereocenters. The van der Waals surface area contributed by atoms with E-state index in [1.165, 1.54) is 12.1 Å². The highest BCUT2D eigenvalue weighted by atomic mass is 19.4. The van der Waals surface area contributed by atoms with Crippen molar-refractivity contribution in [2.45, 2.75) is 50.5 Å². The summed E-state index contributed by atoms with van der Waals surface area (Å²) < 4.78 is 45.6. The molecule has 0 aliphatic heterocycles. The summed E-state index contributed by atoms with van der Waals surface area (Å²) in [5, 5.41) is 10.4. The molecule has 0 amide bonds. The molecular formula is C16H19F3O4. The first kappa shape index (κ1) is 17.6. The summed E-state index contributed by atoms with van der Waals surface area (Å²) in [4.78, 5) is 12.5. The van der Waals surface area contributed by atoms with E-state index in [0.29, 0.717) is 18.4 Å². The van der Waals surface area contributed by atoms with E-state index in [1.54, 1.807) is 6.92 Å². The molecule has 1 saturated carbocycles. The molecule has 4 nitrogen and oxygen atoms in total. The number of aliphatic hydroxyl groups is 1. The lowest BCUT2D eigenvalue weighted by Gasteiger charge is -2.39. The molecule has 1 aliphatic carbocycles. The maximum Gasteiger partial charge on any atom is 0.573 e. The fourth-order valence-corrected chi connectivity index (χ4v) is 3.06. The Morgan fingerprint density at radius 2 is 1.96 bits per heavy atom. The van der Waals surface area contributed by atoms with Crippen molar-refractivity contribution in [1.29, 1.82) is 0 Å². The van der Waals surface area contributed by atoms with Gasteiger partial charge >= 0.3 is 12.3 Å². The van der Waals surface area contributed by atoms with Crippen LogP contribution < -0.4 is 4.74 Å². The van der Waals surface area contributed by atoms with Crippen molar-refractivity contribution < 1.29 is 32.5 Å². The van der Waals surface area contributed by atoms with E-state index >= 15 is 0 Å². The minimum absolute atomic E-state index is 0.169. The van der Waals surface area contributed by atoms with Crippen molar-refractivity contribution in [3.05, 3.63) is 29.8 Å². The zero-order valence-electron chi connectivity index (χ0n) is 12.7. The van der Waals surface area contributed by atoms with E-state index in [9.17, 15) is 23.1 Å². The van der Waals surface area contributed by atoms with Crippen molar-refractivity contribution in [1.82, 2.24) is 0 Å². The zero-order valence-corrected chi connectivity index (χ0v) is 12.7. The van der Waals surface area contributed by atoms with Crippen LogP contribution in [-0.4, -0.2) is 30.1 Å². The summed E-state index contributed by atoms with van der Waals surface area (Å²) in [6.07, 6.45) is -3.34. The van der Waals surface area contributed by atoms with Crippen molar-refractivity contribution in [2.24, 2.45) is 0 Å². The second-order valence-corrected chi connectivity index (χ2v) is 5.53. The number of rotatable bonds is 4. The van der Waals surface area contributed by atoms with Crippen LogP contribution in [0.2, 0.25) is 0 Å². The predicted molar refractivity (Wildman–Crippen MR) is 75.9 cm³/mol. The molecule has 0 heterocycles. The normalized spacial score (nSPS) is 25.0. The van der Waals surface area contributed by atoms with Crippen LogP contribution in [0.3, 0.4) is 0 Å². The van der Waals surface area contributed by atoms with Gasteiger partial charge in [0.1, 0.15) is 11.2 Å². The first-order chi connectivity index (χ1) is 10.8. The van der Waals surface area contributed by atoms with Crippen LogP contribution in [0.1, 0.15) is 38.2 Å². The minimum atomic E-state index is -4.77. The summed E-state index contributed by atoms with van der Waals surface area (Å²) in [6, 6.07) is 5.05. The van der Waals surface area contributed by atoms with E-state index in [1.807, 2.05) is 0 Å². The highest BCUT2D eigenvalue weighted by molar-refractivity contribution is 5.84. The molecule has 128 valence electrons. The van der Waals surface area contributed by atoms with Crippen molar-refractivity contribution >= 4 is 5.97 Å². The molecule has 1 fully saturated rings. The number of carbonyl (C=O) groups is 1. The molecular weight excluding hydrogens is 313 g/mol. The van der Waals surface area contributed by atoms with Gasteiger partial charge in [0.25, 0.3) is 0 Å². The van der Waals surface area contributed by atoms with Gasteiger partial charge in [-0.25, -0.2) is 0 Å². The molecule has 1 aliphatic rings. The maximum atomic E-state index is 12.5. The minimum Gasteiger partial charge on any atom is -0.465 e. The van der Waals surface area contributed by atoms with E-state index in [4.69, 9.17) is 4.74 Å². The number of alkyl halides is 3. The lowest BCUT2D eigenvalue weighted by atomic mass is 9.67. The van der Waals surface area contributed by atoms with Gasteiger partial charge in [-0.15, -0.1) is 13.2 Å². The Bertz CT molecular complexity index is 541. The van der Waals surface area contributed by atoms with Crippen LogP contribution in [0.15, 0.2) is 24.3 Å². The van der Waals surface area contributed by atoms with Gasteiger partial charge in [0.15, 0.2) is 0 Å². The molecule has 0 spiro atoms. The van der Waals surface area contributed by atoms with E-state index in [-0.39, 0.29) is 12.4 Å². The van der Waals surface area contributed by atoms with Gasteiger partial charge in [0, 0.05) is 0 Å². The van der Waals surface area contributed by atoms with Gasteiger partial charge in [0.2, 0.25) is 0 Å². The SMILES string of the molecule is CCOC(=O)C1(c2ccc(OC(F)(F)F)cc2)CCCCC1O. The Morgan fingerprint density at radius 1 is 1.30 bits per heavy atom. The fraction of sp³-hybridized carbons (Fsp3) is 0.562.